The Morgan fingerprint density at radius 3 is 2.53 bits per heavy atom. The Labute approximate surface area is 119 Å². The van der Waals surface area contributed by atoms with Crippen LogP contribution < -0.4 is 5.32 Å². The van der Waals surface area contributed by atoms with Crippen LogP contribution in [0.3, 0.4) is 0 Å². The van der Waals surface area contributed by atoms with E-state index in [0.29, 0.717) is 15.7 Å². The zero-order chi connectivity index (χ0) is 14.0. The minimum Gasteiger partial charge on any atom is -0.321 e. The molecule has 0 aromatic heterocycles. The van der Waals surface area contributed by atoms with Gasteiger partial charge in [0.1, 0.15) is 5.82 Å². The van der Waals surface area contributed by atoms with Gasteiger partial charge < -0.3 is 5.32 Å². The van der Waals surface area contributed by atoms with E-state index in [1.54, 1.807) is 6.07 Å². The van der Waals surface area contributed by atoms with Gasteiger partial charge in [0, 0.05) is 10.0 Å². The van der Waals surface area contributed by atoms with Crippen molar-refractivity contribution in [2.45, 2.75) is 13.8 Å². The first-order valence-corrected chi connectivity index (χ1v) is 6.60. The van der Waals surface area contributed by atoms with Crippen molar-refractivity contribution >= 4 is 27.5 Å². The van der Waals surface area contributed by atoms with Crippen LogP contribution in [0.25, 0.3) is 0 Å². The summed E-state index contributed by atoms with van der Waals surface area (Å²) in [6, 6.07) is 9.79. The molecular formula is C15H13BrFNO. The number of carbonyl (C=O) groups is 1. The number of anilines is 1. The quantitative estimate of drug-likeness (QED) is 0.869. The summed E-state index contributed by atoms with van der Waals surface area (Å²) in [5, 5.41) is 2.76. The van der Waals surface area contributed by atoms with Crippen LogP contribution >= 0.6 is 15.9 Å². The van der Waals surface area contributed by atoms with Crippen LogP contribution in [0, 0.1) is 19.7 Å². The largest absolute Gasteiger partial charge is 0.321 e. The first-order chi connectivity index (χ1) is 8.97. The number of benzene rings is 2. The van der Waals surface area contributed by atoms with Crippen molar-refractivity contribution in [2.75, 3.05) is 5.32 Å². The molecule has 0 aliphatic carbocycles. The van der Waals surface area contributed by atoms with Crippen LogP contribution in [0.15, 0.2) is 40.9 Å². The van der Waals surface area contributed by atoms with Crippen molar-refractivity contribution < 1.29 is 9.18 Å². The first-order valence-electron chi connectivity index (χ1n) is 5.81. The number of rotatable bonds is 2. The molecule has 2 rings (SSSR count). The van der Waals surface area contributed by atoms with Gasteiger partial charge in [-0.25, -0.2) is 4.39 Å². The second-order valence-corrected chi connectivity index (χ2v) is 5.25. The third-order valence-electron chi connectivity index (χ3n) is 2.81. The Balaban J connectivity index is 2.25. The van der Waals surface area contributed by atoms with Gasteiger partial charge in [-0.05, 0) is 59.6 Å². The molecule has 1 amide bonds. The standard InChI is InChI=1S/C15H13BrFNO/c1-9-3-5-12(10(2)7-9)15(19)18-14-6-4-11(17)8-13(14)16/h3-8H,1-2H3,(H,18,19). The fraction of sp³-hybridized carbons (Fsp3) is 0.133. The molecule has 1 N–H and O–H groups in total. The normalized spacial score (nSPS) is 10.3. The molecule has 19 heavy (non-hydrogen) atoms. The second-order valence-electron chi connectivity index (χ2n) is 4.40. The third kappa shape index (κ3) is 3.20. The Hall–Kier alpha value is -1.68. The van der Waals surface area contributed by atoms with E-state index in [1.165, 1.54) is 18.2 Å². The molecule has 2 aromatic rings. The number of carbonyl (C=O) groups excluding carboxylic acids is 1. The topological polar surface area (TPSA) is 29.1 Å². The van der Waals surface area contributed by atoms with Crippen LogP contribution in [0.5, 0.6) is 0 Å². The highest BCUT2D eigenvalue weighted by atomic mass is 79.9. The molecule has 0 saturated carbocycles. The Morgan fingerprint density at radius 1 is 1.16 bits per heavy atom. The minimum atomic E-state index is -0.351. The van der Waals surface area contributed by atoms with Gasteiger partial charge in [-0.3, -0.25) is 4.79 Å². The molecule has 0 spiro atoms. The van der Waals surface area contributed by atoms with Crippen LogP contribution in [0.1, 0.15) is 21.5 Å². The molecule has 0 fully saturated rings. The summed E-state index contributed by atoms with van der Waals surface area (Å²) in [7, 11) is 0. The SMILES string of the molecule is Cc1ccc(C(=O)Nc2ccc(F)cc2Br)c(C)c1. The number of amides is 1. The molecule has 4 heteroatoms. The second kappa shape index (κ2) is 5.53. The van der Waals surface area contributed by atoms with Gasteiger partial charge in [-0.15, -0.1) is 0 Å². The fourth-order valence-corrected chi connectivity index (χ4v) is 2.30. The van der Waals surface area contributed by atoms with Gasteiger partial charge in [0.2, 0.25) is 0 Å². The molecular weight excluding hydrogens is 309 g/mol. The molecule has 0 heterocycles. The zero-order valence-electron chi connectivity index (χ0n) is 10.6. The van der Waals surface area contributed by atoms with Crippen molar-refractivity contribution in [2.24, 2.45) is 0 Å². The summed E-state index contributed by atoms with van der Waals surface area (Å²) in [6.45, 7) is 3.87. The minimum absolute atomic E-state index is 0.204. The van der Waals surface area contributed by atoms with Crippen molar-refractivity contribution in [3.8, 4) is 0 Å². The highest BCUT2D eigenvalue weighted by Gasteiger charge is 2.11. The van der Waals surface area contributed by atoms with Crippen LogP contribution in [-0.2, 0) is 0 Å². The summed E-state index contributed by atoms with van der Waals surface area (Å²) in [6.07, 6.45) is 0. The van der Waals surface area contributed by atoms with E-state index in [1.807, 2.05) is 26.0 Å². The lowest BCUT2D eigenvalue weighted by atomic mass is 10.1. The lowest BCUT2D eigenvalue weighted by Crippen LogP contribution is -2.13. The van der Waals surface area contributed by atoms with E-state index < -0.39 is 0 Å². The van der Waals surface area contributed by atoms with Gasteiger partial charge in [0.05, 0.1) is 5.69 Å². The van der Waals surface area contributed by atoms with Gasteiger partial charge in [-0.2, -0.15) is 0 Å². The Bertz CT molecular complexity index is 640. The number of halogens is 2. The predicted octanol–water partition coefficient (Wildman–Crippen LogP) is 4.46. The predicted molar refractivity (Wildman–Crippen MR) is 78.0 cm³/mol. The van der Waals surface area contributed by atoms with E-state index >= 15 is 0 Å². The smallest absolute Gasteiger partial charge is 0.255 e. The maximum Gasteiger partial charge on any atom is 0.255 e. The molecule has 2 aromatic carbocycles. The Morgan fingerprint density at radius 2 is 1.89 bits per heavy atom. The molecule has 0 bridgehead atoms. The molecule has 0 atom stereocenters. The van der Waals surface area contributed by atoms with E-state index in [9.17, 15) is 9.18 Å². The molecule has 0 aliphatic heterocycles. The van der Waals surface area contributed by atoms with Gasteiger partial charge in [0.15, 0.2) is 0 Å². The highest BCUT2D eigenvalue weighted by Crippen LogP contribution is 2.24. The van der Waals surface area contributed by atoms with Gasteiger partial charge >= 0.3 is 0 Å². The third-order valence-corrected chi connectivity index (χ3v) is 3.46. The summed E-state index contributed by atoms with van der Waals surface area (Å²) in [5.74, 6) is -0.554. The Kier molecular flexibility index (Phi) is 4.00. The van der Waals surface area contributed by atoms with Gasteiger partial charge in [-0.1, -0.05) is 17.7 Å². The van der Waals surface area contributed by atoms with Crippen molar-refractivity contribution in [3.05, 3.63) is 63.4 Å². The number of nitrogens with one attached hydrogen (secondary N) is 1. The van der Waals surface area contributed by atoms with Crippen LogP contribution in [0.4, 0.5) is 10.1 Å². The summed E-state index contributed by atoms with van der Waals surface area (Å²) in [5.41, 5.74) is 3.18. The average Bonchev–Trinajstić information content (AvgIpc) is 2.32. The van der Waals surface area contributed by atoms with Crippen molar-refractivity contribution in [1.29, 1.82) is 0 Å². The molecule has 0 radical (unpaired) electrons. The summed E-state index contributed by atoms with van der Waals surface area (Å²) < 4.78 is 13.5. The molecule has 0 aliphatic rings. The average molecular weight is 322 g/mol. The van der Waals surface area contributed by atoms with E-state index in [-0.39, 0.29) is 11.7 Å². The first kappa shape index (κ1) is 13.7. The maximum absolute atomic E-state index is 13.0. The van der Waals surface area contributed by atoms with Crippen molar-refractivity contribution in [3.63, 3.8) is 0 Å². The highest BCUT2D eigenvalue weighted by molar-refractivity contribution is 9.10. The molecule has 0 unspecified atom stereocenters. The van der Waals surface area contributed by atoms with Crippen LogP contribution in [-0.4, -0.2) is 5.91 Å². The van der Waals surface area contributed by atoms with Crippen molar-refractivity contribution in [1.82, 2.24) is 0 Å². The molecule has 98 valence electrons. The van der Waals surface area contributed by atoms with E-state index in [4.69, 9.17) is 0 Å². The monoisotopic (exact) mass is 321 g/mol. The fourth-order valence-electron chi connectivity index (χ4n) is 1.85. The lowest BCUT2D eigenvalue weighted by Gasteiger charge is -2.10. The van der Waals surface area contributed by atoms with Gasteiger partial charge in [0.25, 0.3) is 5.91 Å². The van der Waals surface area contributed by atoms with E-state index in [2.05, 4.69) is 21.2 Å². The summed E-state index contributed by atoms with van der Waals surface area (Å²) in [4.78, 5) is 12.2. The zero-order valence-corrected chi connectivity index (χ0v) is 12.2. The molecule has 0 saturated heterocycles. The number of hydrogen-bond acceptors (Lipinski definition) is 1. The summed E-state index contributed by atoms with van der Waals surface area (Å²) >= 11 is 3.22. The maximum atomic E-state index is 13.0. The molecule has 2 nitrogen and oxygen atoms in total. The number of hydrogen-bond donors (Lipinski definition) is 1. The van der Waals surface area contributed by atoms with E-state index in [0.717, 1.165) is 11.1 Å². The van der Waals surface area contributed by atoms with Crippen LogP contribution in [0.2, 0.25) is 0 Å². The number of aryl methyl sites for hydroxylation is 2. The lowest BCUT2D eigenvalue weighted by molar-refractivity contribution is 0.102.